The van der Waals surface area contributed by atoms with Crippen LogP contribution in [0.15, 0.2) is 24.3 Å². The summed E-state index contributed by atoms with van der Waals surface area (Å²) in [5.74, 6) is 1.08. The smallest absolute Gasteiger partial charge is 0.224 e. The molecule has 1 aromatic rings. The van der Waals surface area contributed by atoms with E-state index in [9.17, 15) is 9.59 Å². The SMILES string of the molecule is CC(=O)NC(C)CC(=O)N1CCC(C2NNCC2c2cccc(C)c2)CC1. The zero-order chi connectivity index (χ0) is 19.4. The summed E-state index contributed by atoms with van der Waals surface area (Å²) in [5, 5.41) is 2.79. The molecule has 0 bridgehead atoms. The fourth-order valence-corrected chi connectivity index (χ4v) is 4.48. The van der Waals surface area contributed by atoms with Crippen molar-refractivity contribution in [3.05, 3.63) is 35.4 Å². The number of amides is 2. The lowest BCUT2D eigenvalue weighted by atomic mass is 9.80. The van der Waals surface area contributed by atoms with Crippen molar-refractivity contribution < 1.29 is 9.59 Å². The van der Waals surface area contributed by atoms with E-state index in [1.807, 2.05) is 11.8 Å². The quantitative estimate of drug-likeness (QED) is 0.736. The number of likely N-dealkylation sites (tertiary alicyclic amines) is 1. The first-order valence-corrected chi connectivity index (χ1v) is 10.0. The van der Waals surface area contributed by atoms with E-state index in [0.717, 1.165) is 32.5 Å². The second-order valence-electron chi connectivity index (χ2n) is 8.10. The average molecular weight is 373 g/mol. The molecule has 0 aromatic heterocycles. The molecule has 148 valence electrons. The number of aryl methyl sites for hydroxylation is 1. The normalized spacial score (nSPS) is 24.6. The number of carbonyl (C=O) groups excluding carboxylic acids is 2. The predicted octanol–water partition coefficient (Wildman–Crippen LogP) is 1.71. The van der Waals surface area contributed by atoms with Gasteiger partial charge in [-0.05, 0) is 38.2 Å². The lowest BCUT2D eigenvalue weighted by Crippen LogP contribution is -2.47. The van der Waals surface area contributed by atoms with Crippen molar-refractivity contribution in [1.82, 2.24) is 21.1 Å². The van der Waals surface area contributed by atoms with Gasteiger partial charge in [0, 0.05) is 51.0 Å². The fraction of sp³-hybridized carbons (Fsp3) is 0.619. The van der Waals surface area contributed by atoms with Gasteiger partial charge in [-0.2, -0.15) is 0 Å². The number of nitrogens with zero attached hydrogens (tertiary/aromatic N) is 1. The summed E-state index contributed by atoms with van der Waals surface area (Å²) in [7, 11) is 0. The van der Waals surface area contributed by atoms with Crippen LogP contribution < -0.4 is 16.2 Å². The van der Waals surface area contributed by atoms with E-state index < -0.39 is 0 Å². The molecule has 0 radical (unpaired) electrons. The third-order valence-electron chi connectivity index (χ3n) is 5.83. The molecule has 2 saturated heterocycles. The van der Waals surface area contributed by atoms with Gasteiger partial charge < -0.3 is 10.2 Å². The minimum atomic E-state index is -0.112. The average Bonchev–Trinajstić information content (AvgIpc) is 3.11. The van der Waals surface area contributed by atoms with Gasteiger partial charge in [-0.15, -0.1) is 0 Å². The number of rotatable bonds is 5. The number of hydrogen-bond donors (Lipinski definition) is 3. The third-order valence-corrected chi connectivity index (χ3v) is 5.83. The first-order valence-electron chi connectivity index (χ1n) is 10.0. The number of benzene rings is 1. The van der Waals surface area contributed by atoms with Crippen molar-refractivity contribution in [2.24, 2.45) is 5.92 Å². The Labute approximate surface area is 162 Å². The summed E-state index contributed by atoms with van der Waals surface area (Å²) >= 11 is 0. The van der Waals surface area contributed by atoms with Crippen molar-refractivity contribution in [2.45, 2.75) is 58.0 Å². The fourth-order valence-electron chi connectivity index (χ4n) is 4.48. The summed E-state index contributed by atoms with van der Waals surface area (Å²) in [4.78, 5) is 25.6. The molecule has 3 N–H and O–H groups in total. The van der Waals surface area contributed by atoms with Crippen LogP contribution in [0.4, 0.5) is 0 Å². The number of hydrogen-bond acceptors (Lipinski definition) is 4. The van der Waals surface area contributed by atoms with E-state index >= 15 is 0 Å². The molecule has 0 aliphatic carbocycles. The van der Waals surface area contributed by atoms with E-state index in [1.54, 1.807) is 0 Å². The second kappa shape index (κ2) is 8.85. The first-order chi connectivity index (χ1) is 12.9. The van der Waals surface area contributed by atoms with Crippen LogP contribution in [0.1, 0.15) is 50.2 Å². The van der Waals surface area contributed by atoms with E-state index in [2.05, 4.69) is 47.4 Å². The zero-order valence-corrected chi connectivity index (χ0v) is 16.6. The van der Waals surface area contributed by atoms with Crippen molar-refractivity contribution in [2.75, 3.05) is 19.6 Å². The van der Waals surface area contributed by atoms with Gasteiger partial charge in [0.15, 0.2) is 0 Å². The summed E-state index contributed by atoms with van der Waals surface area (Å²) in [5.41, 5.74) is 9.52. The van der Waals surface area contributed by atoms with Gasteiger partial charge in [-0.1, -0.05) is 29.8 Å². The summed E-state index contributed by atoms with van der Waals surface area (Å²) < 4.78 is 0. The number of hydrazine groups is 1. The maximum Gasteiger partial charge on any atom is 0.224 e. The van der Waals surface area contributed by atoms with Gasteiger partial charge >= 0.3 is 0 Å². The topological polar surface area (TPSA) is 73.5 Å². The molecule has 2 aliphatic rings. The van der Waals surface area contributed by atoms with Crippen molar-refractivity contribution in [3.63, 3.8) is 0 Å². The second-order valence-corrected chi connectivity index (χ2v) is 8.10. The molecule has 2 heterocycles. The van der Waals surface area contributed by atoms with Crippen LogP contribution in [0.5, 0.6) is 0 Å². The molecule has 0 saturated carbocycles. The molecule has 2 aliphatic heterocycles. The molecule has 1 aromatic carbocycles. The summed E-state index contributed by atoms with van der Waals surface area (Å²) in [6.45, 7) is 8.05. The summed E-state index contributed by atoms with van der Waals surface area (Å²) in [6.07, 6.45) is 2.41. The highest BCUT2D eigenvalue weighted by molar-refractivity contribution is 5.78. The molecule has 27 heavy (non-hydrogen) atoms. The lowest BCUT2D eigenvalue weighted by Gasteiger charge is -2.37. The Morgan fingerprint density at radius 1 is 1.30 bits per heavy atom. The monoisotopic (exact) mass is 372 g/mol. The van der Waals surface area contributed by atoms with E-state index in [-0.39, 0.29) is 17.9 Å². The number of piperidine rings is 1. The van der Waals surface area contributed by atoms with Gasteiger partial charge in [-0.25, -0.2) is 0 Å². The van der Waals surface area contributed by atoms with Gasteiger partial charge in [0.05, 0.1) is 0 Å². The van der Waals surface area contributed by atoms with E-state index in [0.29, 0.717) is 24.3 Å². The Kier molecular flexibility index (Phi) is 6.50. The van der Waals surface area contributed by atoms with Crippen molar-refractivity contribution in [3.8, 4) is 0 Å². The molecule has 3 rings (SSSR count). The Bertz CT molecular complexity index is 670. The molecule has 0 spiro atoms. The van der Waals surface area contributed by atoms with Gasteiger partial charge in [0.2, 0.25) is 11.8 Å². The first kappa shape index (κ1) is 19.8. The van der Waals surface area contributed by atoms with Crippen LogP contribution in [0.3, 0.4) is 0 Å². The predicted molar refractivity (Wildman–Crippen MR) is 106 cm³/mol. The Morgan fingerprint density at radius 3 is 2.70 bits per heavy atom. The lowest BCUT2D eigenvalue weighted by molar-refractivity contribution is -0.133. The third kappa shape index (κ3) is 5.08. The maximum absolute atomic E-state index is 12.5. The highest BCUT2D eigenvalue weighted by atomic mass is 16.2. The van der Waals surface area contributed by atoms with Crippen LogP contribution in [0.2, 0.25) is 0 Å². The van der Waals surface area contributed by atoms with Gasteiger partial charge in [-0.3, -0.25) is 20.4 Å². The Balaban J connectivity index is 1.54. The van der Waals surface area contributed by atoms with Crippen LogP contribution in [-0.2, 0) is 9.59 Å². The molecule has 3 unspecified atom stereocenters. The van der Waals surface area contributed by atoms with Crippen molar-refractivity contribution >= 4 is 11.8 Å². The largest absolute Gasteiger partial charge is 0.353 e. The molecule has 2 amide bonds. The van der Waals surface area contributed by atoms with Crippen LogP contribution >= 0.6 is 0 Å². The van der Waals surface area contributed by atoms with Crippen LogP contribution in [0.25, 0.3) is 0 Å². The zero-order valence-electron chi connectivity index (χ0n) is 16.6. The minimum Gasteiger partial charge on any atom is -0.353 e. The van der Waals surface area contributed by atoms with Gasteiger partial charge in [0.1, 0.15) is 0 Å². The number of nitrogens with one attached hydrogen (secondary N) is 3. The standard InChI is InChI=1S/C21H32N4O2/c1-14-5-4-6-18(11-14)19-13-22-24-21(19)17-7-9-25(10-8-17)20(27)12-15(2)23-16(3)26/h4-6,11,15,17,19,21-22,24H,7-10,12-13H2,1-3H3,(H,23,26). The maximum atomic E-state index is 12.5. The Morgan fingerprint density at radius 2 is 2.04 bits per heavy atom. The van der Waals surface area contributed by atoms with E-state index in [4.69, 9.17) is 0 Å². The molecule has 2 fully saturated rings. The molecular formula is C21H32N4O2. The van der Waals surface area contributed by atoms with Crippen LogP contribution in [-0.4, -0.2) is 48.4 Å². The highest BCUT2D eigenvalue weighted by Crippen LogP contribution is 2.32. The van der Waals surface area contributed by atoms with Crippen molar-refractivity contribution in [1.29, 1.82) is 0 Å². The Hall–Kier alpha value is -1.92. The van der Waals surface area contributed by atoms with Gasteiger partial charge in [0.25, 0.3) is 0 Å². The minimum absolute atomic E-state index is 0.0870. The van der Waals surface area contributed by atoms with Crippen LogP contribution in [0, 0.1) is 12.8 Å². The molecule has 3 atom stereocenters. The molecule has 6 heteroatoms. The highest BCUT2D eigenvalue weighted by Gasteiger charge is 2.36. The molecule has 6 nitrogen and oxygen atoms in total. The van der Waals surface area contributed by atoms with E-state index in [1.165, 1.54) is 18.1 Å². The summed E-state index contributed by atoms with van der Waals surface area (Å²) in [6, 6.07) is 9.08. The molecular weight excluding hydrogens is 340 g/mol. The number of carbonyl (C=O) groups is 2.